The standard InChI is InChI=1S/C25H42O4/c1-2-3-4-6-12-17-23(26)18-13-7-5-8-14-19-24(20-25(27)28)29-21-22-15-10-9-11-16-22/h9-11,15-16,23-24,26H,2-8,12-14,17-21H2,1H3,(H,27,28). The van der Waals surface area contributed by atoms with Crippen molar-refractivity contribution < 1.29 is 19.7 Å². The summed E-state index contributed by atoms with van der Waals surface area (Å²) in [5.41, 5.74) is 1.08. The summed E-state index contributed by atoms with van der Waals surface area (Å²) in [6.45, 7) is 2.69. The predicted octanol–water partition coefficient (Wildman–Crippen LogP) is 6.50. The molecular weight excluding hydrogens is 364 g/mol. The van der Waals surface area contributed by atoms with Crippen molar-refractivity contribution in [1.29, 1.82) is 0 Å². The van der Waals surface area contributed by atoms with Gasteiger partial charge < -0.3 is 14.9 Å². The molecule has 1 rings (SSSR count). The van der Waals surface area contributed by atoms with Gasteiger partial charge in [-0.15, -0.1) is 0 Å². The third kappa shape index (κ3) is 15.2. The summed E-state index contributed by atoms with van der Waals surface area (Å²) in [6.07, 6.45) is 14.1. The molecule has 2 N–H and O–H groups in total. The van der Waals surface area contributed by atoms with Crippen LogP contribution in [0.15, 0.2) is 30.3 Å². The summed E-state index contributed by atoms with van der Waals surface area (Å²) in [4.78, 5) is 11.1. The molecule has 0 radical (unpaired) electrons. The maximum absolute atomic E-state index is 11.1. The van der Waals surface area contributed by atoms with Gasteiger partial charge in [-0.2, -0.15) is 0 Å². The second kappa shape index (κ2) is 17.5. The van der Waals surface area contributed by atoms with E-state index in [4.69, 9.17) is 9.84 Å². The number of ether oxygens (including phenoxy) is 1. The van der Waals surface area contributed by atoms with E-state index in [0.717, 1.165) is 63.4 Å². The van der Waals surface area contributed by atoms with Crippen LogP contribution in [0.3, 0.4) is 0 Å². The molecule has 166 valence electrons. The summed E-state index contributed by atoms with van der Waals surface area (Å²) < 4.78 is 5.85. The molecule has 1 aromatic rings. The molecule has 4 heteroatoms. The lowest BCUT2D eigenvalue weighted by Gasteiger charge is -2.16. The van der Waals surface area contributed by atoms with Gasteiger partial charge in [0.05, 0.1) is 25.2 Å². The number of hydrogen-bond acceptors (Lipinski definition) is 3. The lowest BCUT2D eigenvalue weighted by Crippen LogP contribution is -2.17. The fourth-order valence-electron chi connectivity index (χ4n) is 3.64. The first-order chi connectivity index (χ1) is 14.1. The van der Waals surface area contributed by atoms with Crippen molar-refractivity contribution in [2.45, 2.75) is 116 Å². The van der Waals surface area contributed by atoms with Gasteiger partial charge in [0.2, 0.25) is 0 Å². The summed E-state index contributed by atoms with van der Waals surface area (Å²) in [5.74, 6) is -0.799. The summed E-state index contributed by atoms with van der Waals surface area (Å²) in [6, 6.07) is 9.89. The lowest BCUT2D eigenvalue weighted by molar-refractivity contribution is -0.140. The monoisotopic (exact) mass is 406 g/mol. The van der Waals surface area contributed by atoms with Crippen molar-refractivity contribution >= 4 is 5.97 Å². The Morgan fingerprint density at radius 2 is 1.41 bits per heavy atom. The van der Waals surface area contributed by atoms with Crippen LogP contribution in [0, 0.1) is 0 Å². The van der Waals surface area contributed by atoms with Gasteiger partial charge >= 0.3 is 5.97 Å². The zero-order valence-electron chi connectivity index (χ0n) is 18.4. The van der Waals surface area contributed by atoms with Gasteiger partial charge in [-0.05, 0) is 24.8 Å². The Morgan fingerprint density at radius 1 is 0.862 bits per heavy atom. The highest BCUT2D eigenvalue weighted by Crippen LogP contribution is 2.16. The number of carboxylic acid groups (broad SMARTS) is 1. The molecule has 0 heterocycles. The number of carbonyl (C=O) groups is 1. The van der Waals surface area contributed by atoms with Gasteiger partial charge in [0.15, 0.2) is 0 Å². The minimum Gasteiger partial charge on any atom is -0.481 e. The van der Waals surface area contributed by atoms with E-state index in [1.54, 1.807) is 0 Å². The first-order valence-electron chi connectivity index (χ1n) is 11.7. The SMILES string of the molecule is CCCCCCCC(O)CCCCCCCC(CC(=O)O)OCc1ccccc1. The van der Waals surface area contributed by atoms with Crippen molar-refractivity contribution in [3.8, 4) is 0 Å². The molecule has 0 bridgehead atoms. The van der Waals surface area contributed by atoms with E-state index in [0.29, 0.717) is 6.61 Å². The van der Waals surface area contributed by atoms with Gasteiger partial charge in [0.1, 0.15) is 0 Å². The molecule has 0 saturated carbocycles. The number of carboxylic acids is 1. The Kier molecular flexibility index (Phi) is 15.4. The maximum Gasteiger partial charge on any atom is 0.305 e. The molecule has 0 aliphatic rings. The van der Waals surface area contributed by atoms with Gasteiger partial charge in [0.25, 0.3) is 0 Å². The molecule has 29 heavy (non-hydrogen) atoms. The average Bonchev–Trinajstić information content (AvgIpc) is 2.71. The van der Waals surface area contributed by atoms with Crippen LogP contribution < -0.4 is 0 Å². The van der Waals surface area contributed by atoms with Crippen molar-refractivity contribution in [2.24, 2.45) is 0 Å². The Bertz CT molecular complexity index is 503. The van der Waals surface area contributed by atoms with Crippen molar-refractivity contribution in [3.63, 3.8) is 0 Å². The molecule has 0 fully saturated rings. The Hall–Kier alpha value is -1.39. The summed E-state index contributed by atoms with van der Waals surface area (Å²) in [7, 11) is 0. The van der Waals surface area contributed by atoms with Gasteiger partial charge in [-0.3, -0.25) is 4.79 Å². The second-order valence-electron chi connectivity index (χ2n) is 8.22. The summed E-state index contributed by atoms with van der Waals surface area (Å²) >= 11 is 0. The number of aliphatic hydroxyl groups is 1. The number of rotatable bonds is 19. The molecule has 0 aromatic heterocycles. The molecule has 0 aliphatic heterocycles. The minimum absolute atomic E-state index is 0.0667. The molecule has 2 unspecified atom stereocenters. The molecule has 2 atom stereocenters. The molecule has 4 nitrogen and oxygen atoms in total. The van der Waals surface area contributed by atoms with Crippen molar-refractivity contribution in [3.05, 3.63) is 35.9 Å². The zero-order valence-corrected chi connectivity index (χ0v) is 18.4. The smallest absolute Gasteiger partial charge is 0.305 e. The van der Waals surface area contributed by atoms with Gasteiger partial charge in [0, 0.05) is 0 Å². The van der Waals surface area contributed by atoms with Crippen LogP contribution in [0.1, 0.15) is 102 Å². The van der Waals surface area contributed by atoms with E-state index >= 15 is 0 Å². The molecule has 0 saturated heterocycles. The number of aliphatic carboxylic acids is 1. The van der Waals surface area contributed by atoms with E-state index < -0.39 is 5.97 Å². The van der Waals surface area contributed by atoms with E-state index in [9.17, 15) is 9.90 Å². The third-order valence-corrected chi connectivity index (χ3v) is 5.44. The number of unbranched alkanes of at least 4 members (excludes halogenated alkanes) is 8. The first-order valence-corrected chi connectivity index (χ1v) is 11.7. The van der Waals surface area contributed by atoms with Crippen LogP contribution >= 0.6 is 0 Å². The normalized spacial score (nSPS) is 13.3. The lowest BCUT2D eigenvalue weighted by atomic mass is 10.0. The van der Waals surface area contributed by atoms with Crippen LogP contribution in [0.25, 0.3) is 0 Å². The largest absolute Gasteiger partial charge is 0.481 e. The van der Waals surface area contributed by atoms with E-state index in [1.807, 2.05) is 30.3 Å². The number of aliphatic hydroxyl groups excluding tert-OH is 1. The van der Waals surface area contributed by atoms with Crippen molar-refractivity contribution in [1.82, 2.24) is 0 Å². The molecule has 1 aromatic carbocycles. The molecule has 0 spiro atoms. The van der Waals surface area contributed by atoms with Crippen LogP contribution in [0.5, 0.6) is 0 Å². The Labute approximate surface area is 177 Å². The molecule has 0 aliphatic carbocycles. The van der Waals surface area contributed by atoms with Gasteiger partial charge in [-0.1, -0.05) is 101 Å². The summed E-state index contributed by atoms with van der Waals surface area (Å²) in [5, 5.41) is 19.2. The average molecular weight is 407 g/mol. The fraction of sp³-hybridized carbons (Fsp3) is 0.720. The highest BCUT2D eigenvalue weighted by Gasteiger charge is 2.13. The van der Waals surface area contributed by atoms with Crippen LogP contribution in [-0.2, 0) is 16.1 Å². The quantitative estimate of drug-likeness (QED) is 0.257. The maximum atomic E-state index is 11.1. The first kappa shape index (κ1) is 25.6. The number of hydrogen-bond donors (Lipinski definition) is 2. The topological polar surface area (TPSA) is 66.8 Å². The predicted molar refractivity (Wildman–Crippen MR) is 119 cm³/mol. The highest BCUT2D eigenvalue weighted by atomic mass is 16.5. The Balaban J connectivity index is 2.05. The number of benzene rings is 1. The molecule has 0 amide bonds. The zero-order chi connectivity index (χ0) is 21.2. The highest BCUT2D eigenvalue weighted by molar-refractivity contribution is 5.67. The van der Waals surface area contributed by atoms with Crippen LogP contribution in [-0.4, -0.2) is 28.4 Å². The third-order valence-electron chi connectivity index (χ3n) is 5.44. The molecular formula is C25H42O4. The van der Waals surface area contributed by atoms with Crippen LogP contribution in [0.4, 0.5) is 0 Å². The van der Waals surface area contributed by atoms with Gasteiger partial charge in [-0.25, -0.2) is 0 Å². The second-order valence-corrected chi connectivity index (χ2v) is 8.22. The Morgan fingerprint density at radius 3 is 2.00 bits per heavy atom. The van der Waals surface area contributed by atoms with Crippen molar-refractivity contribution in [2.75, 3.05) is 0 Å². The van der Waals surface area contributed by atoms with E-state index in [1.165, 1.54) is 25.7 Å². The van der Waals surface area contributed by atoms with E-state index in [2.05, 4.69) is 6.92 Å². The minimum atomic E-state index is -0.799. The fourth-order valence-corrected chi connectivity index (χ4v) is 3.64. The van der Waals surface area contributed by atoms with Crippen LogP contribution in [0.2, 0.25) is 0 Å². The van der Waals surface area contributed by atoms with E-state index in [-0.39, 0.29) is 18.6 Å².